The third kappa shape index (κ3) is 2.94. The van der Waals surface area contributed by atoms with Gasteiger partial charge in [0.15, 0.2) is 0 Å². The molecule has 0 saturated carbocycles. The fourth-order valence-corrected chi connectivity index (χ4v) is 4.34. The Morgan fingerprint density at radius 2 is 1.76 bits per heavy atom. The second kappa shape index (κ2) is 6.38. The topological polar surface area (TPSA) is 70.6 Å². The number of para-hydroxylation sites is 1. The predicted molar refractivity (Wildman–Crippen MR) is 95.3 cm³/mol. The Bertz CT molecular complexity index is 932. The number of thiazole rings is 1. The van der Waals surface area contributed by atoms with Crippen LogP contribution in [0.1, 0.15) is 9.88 Å². The highest BCUT2D eigenvalue weighted by atomic mass is 32.1. The van der Waals surface area contributed by atoms with Crippen molar-refractivity contribution < 1.29 is 14.4 Å². The standard InChI is InChI=1S/C17H13N3O3S2/c21-15-16(22)20(10-14-18-12-5-1-2-6-13(12)25-14)17(23)19(15)8-7-11-4-3-9-24-11/h1-6,9H,7-8,10H2. The van der Waals surface area contributed by atoms with Crippen molar-refractivity contribution in [2.75, 3.05) is 6.54 Å². The highest BCUT2D eigenvalue weighted by Crippen LogP contribution is 2.24. The Balaban J connectivity index is 1.50. The highest BCUT2D eigenvalue weighted by molar-refractivity contribution is 7.18. The summed E-state index contributed by atoms with van der Waals surface area (Å²) < 4.78 is 0.984. The second-order valence-electron chi connectivity index (χ2n) is 5.54. The van der Waals surface area contributed by atoms with E-state index < -0.39 is 17.8 Å². The lowest BCUT2D eigenvalue weighted by Crippen LogP contribution is -2.34. The van der Waals surface area contributed by atoms with Gasteiger partial charge in [-0.3, -0.25) is 14.5 Å². The number of carbonyl (C=O) groups is 3. The van der Waals surface area contributed by atoms with Crippen LogP contribution in [0.3, 0.4) is 0 Å². The number of carbonyl (C=O) groups excluding carboxylic acids is 3. The Morgan fingerprint density at radius 3 is 2.52 bits per heavy atom. The molecule has 25 heavy (non-hydrogen) atoms. The molecule has 0 bridgehead atoms. The minimum absolute atomic E-state index is 0.0260. The highest BCUT2D eigenvalue weighted by Gasteiger charge is 2.44. The first kappa shape index (κ1) is 15.9. The molecule has 1 saturated heterocycles. The molecule has 0 aliphatic carbocycles. The number of thiophene rings is 1. The first-order valence-corrected chi connectivity index (χ1v) is 9.37. The maximum absolute atomic E-state index is 12.5. The Hall–Kier alpha value is -2.58. The monoisotopic (exact) mass is 371 g/mol. The molecule has 0 N–H and O–H groups in total. The SMILES string of the molecule is O=C1C(=O)N(Cc2nc3ccccc3s2)C(=O)N1CCc1cccs1. The summed E-state index contributed by atoms with van der Waals surface area (Å²) >= 11 is 2.98. The zero-order valence-electron chi connectivity index (χ0n) is 13.0. The van der Waals surface area contributed by atoms with Crippen LogP contribution in [0, 0.1) is 0 Å². The van der Waals surface area contributed by atoms with Crippen LogP contribution in [-0.2, 0) is 22.6 Å². The van der Waals surface area contributed by atoms with Gasteiger partial charge in [-0.15, -0.1) is 22.7 Å². The van der Waals surface area contributed by atoms with Gasteiger partial charge in [-0.25, -0.2) is 14.7 Å². The second-order valence-corrected chi connectivity index (χ2v) is 7.68. The Kier molecular flexibility index (Phi) is 4.06. The molecule has 0 unspecified atom stereocenters. The molecule has 1 aliphatic heterocycles. The van der Waals surface area contributed by atoms with Gasteiger partial charge in [-0.2, -0.15) is 0 Å². The summed E-state index contributed by atoms with van der Waals surface area (Å²) in [4.78, 5) is 44.3. The van der Waals surface area contributed by atoms with Crippen LogP contribution in [0.5, 0.6) is 0 Å². The number of urea groups is 1. The van der Waals surface area contributed by atoms with E-state index in [1.165, 1.54) is 11.3 Å². The average Bonchev–Trinajstić information content (AvgIpc) is 3.31. The smallest absolute Gasteiger partial charge is 0.263 e. The number of hydrogen-bond donors (Lipinski definition) is 0. The Morgan fingerprint density at radius 1 is 0.960 bits per heavy atom. The molecular weight excluding hydrogens is 358 g/mol. The molecule has 6 nitrogen and oxygen atoms in total. The van der Waals surface area contributed by atoms with E-state index >= 15 is 0 Å². The number of hydrogen-bond acceptors (Lipinski definition) is 6. The van der Waals surface area contributed by atoms with Gasteiger partial charge >= 0.3 is 17.8 Å². The molecule has 1 fully saturated rings. The van der Waals surface area contributed by atoms with E-state index in [0.717, 1.165) is 24.9 Å². The van der Waals surface area contributed by atoms with Crippen molar-refractivity contribution in [1.29, 1.82) is 0 Å². The summed E-state index contributed by atoms with van der Waals surface area (Å²) in [5, 5.41) is 2.57. The van der Waals surface area contributed by atoms with Gasteiger partial charge in [0.2, 0.25) is 0 Å². The molecule has 4 rings (SSSR count). The van der Waals surface area contributed by atoms with Gasteiger partial charge in [-0.05, 0) is 23.6 Å². The number of benzene rings is 1. The van der Waals surface area contributed by atoms with Crippen LogP contribution in [0.15, 0.2) is 41.8 Å². The number of imide groups is 2. The quantitative estimate of drug-likeness (QED) is 0.511. The van der Waals surface area contributed by atoms with Crippen molar-refractivity contribution in [3.05, 3.63) is 51.7 Å². The third-order valence-electron chi connectivity index (χ3n) is 3.93. The minimum Gasteiger partial charge on any atom is -0.263 e. The van der Waals surface area contributed by atoms with Gasteiger partial charge in [0, 0.05) is 17.8 Å². The number of nitrogens with zero attached hydrogens (tertiary/aromatic N) is 3. The normalized spacial score (nSPS) is 15.0. The molecule has 3 aromatic rings. The summed E-state index contributed by atoms with van der Waals surface area (Å²) in [5.74, 6) is -1.54. The zero-order valence-corrected chi connectivity index (χ0v) is 14.7. The van der Waals surface area contributed by atoms with Gasteiger partial charge in [-0.1, -0.05) is 18.2 Å². The van der Waals surface area contributed by atoms with Crippen LogP contribution < -0.4 is 0 Å². The van der Waals surface area contributed by atoms with Crippen molar-refractivity contribution in [3.63, 3.8) is 0 Å². The first-order chi connectivity index (χ1) is 12.1. The molecule has 0 radical (unpaired) electrons. The average molecular weight is 371 g/mol. The first-order valence-electron chi connectivity index (χ1n) is 7.67. The maximum atomic E-state index is 12.5. The van der Waals surface area contributed by atoms with E-state index in [1.807, 2.05) is 41.8 Å². The van der Waals surface area contributed by atoms with Crippen molar-refractivity contribution in [2.24, 2.45) is 0 Å². The molecular formula is C17H13N3O3S2. The van der Waals surface area contributed by atoms with Crippen LogP contribution >= 0.6 is 22.7 Å². The molecule has 0 spiro atoms. The number of amides is 4. The van der Waals surface area contributed by atoms with Crippen LogP contribution in [0.2, 0.25) is 0 Å². The maximum Gasteiger partial charge on any atom is 0.334 e. The predicted octanol–water partition coefficient (Wildman–Crippen LogP) is 2.89. The molecule has 126 valence electrons. The molecule has 8 heteroatoms. The number of aromatic nitrogens is 1. The summed E-state index contributed by atoms with van der Waals surface area (Å²) in [6.45, 7) is 0.235. The van der Waals surface area contributed by atoms with Crippen molar-refractivity contribution in [2.45, 2.75) is 13.0 Å². The molecule has 0 atom stereocenters. The van der Waals surface area contributed by atoms with Gasteiger partial charge in [0.05, 0.1) is 16.8 Å². The molecule has 4 amide bonds. The summed E-state index contributed by atoms with van der Waals surface area (Å²) in [5.41, 5.74) is 0.822. The molecule has 1 aliphatic rings. The van der Waals surface area contributed by atoms with Crippen LogP contribution in [0.4, 0.5) is 4.79 Å². The van der Waals surface area contributed by atoms with Crippen molar-refractivity contribution in [3.8, 4) is 0 Å². The zero-order chi connectivity index (χ0) is 17.4. The molecule has 2 aromatic heterocycles. The minimum atomic E-state index is -0.782. The van der Waals surface area contributed by atoms with E-state index in [1.54, 1.807) is 11.3 Å². The van der Waals surface area contributed by atoms with E-state index in [0.29, 0.717) is 11.4 Å². The van der Waals surface area contributed by atoms with Gasteiger partial charge in [0.1, 0.15) is 5.01 Å². The largest absolute Gasteiger partial charge is 0.334 e. The lowest BCUT2D eigenvalue weighted by molar-refractivity contribution is -0.143. The van der Waals surface area contributed by atoms with E-state index in [-0.39, 0.29) is 13.1 Å². The Labute approximate surface area is 151 Å². The van der Waals surface area contributed by atoms with Crippen molar-refractivity contribution in [1.82, 2.24) is 14.8 Å². The van der Waals surface area contributed by atoms with Crippen LogP contribution in [0.25, 0.3) is 10.2 Å². The van der Waals surface area contributed by atoms with E-state index in [4.69, 9.17) is 0 Å². The van der Waals surface area contributed by atoms with Gasteiger partial charge in [0.25, 0.3) is 0 Å². The lowest BCUT2D eigenvalue weighted by atomic mass is 10.3. The third-order valence-corrected chi connectivity index (χ3v) is 5.89. The van der Waals surface area contributed by atoms with Gasteiger partial charge < -0.3 is 0 Å². The summed E-state index contributed by atoms with van der Waals surface area (Å²) in [7, 11) is 0. The van der Waals surface area contributed by atoms with E-state index in [9.17, 15) is 14.4 Å². The van der Waals surface area contributed by atoms with E-state index in [2.05, 4.69) is 4.98 Å². The fourth-order valence-electron chi connectivity index (χ4n) is 2.69. The molecule has 3 heterocycles. The lowest BCUT2D eigenvalue weighted by Gasteiger charge is -2.14. The van der Waals surface area contributed by atoms with Crippen molar-refractivity contribution >= 4 is 50.7 Å². The number of rotatable bonds is 5. The fraction of sp³-hybridized carbons (Fsp3) is 0.176. The summed E-state index contributed by atoms with van der Waals surface area (Å²) in [6.07, 6.45) is 0.553. The van der Waals surface area contributed by atoms with Crippen LogP contribution in [-0.4, -0.2) is 39.2 Å². The molecule has 1 aromatic carbocycles. The summed E-state index contributed by atoms with van der Waals surface area (Å²) in [6, 6.07) is 10.9. The number of fused-ring (bicyclic) bond motifs is 1.